The van der Waals surface area contributed by atoms with Gasteiger partial charge < -0.3 is 14.2 Å². The molecule has 0 aromatic heterocycles. The molecule has 0 unspecified atom stereocenters. The zero-order valence-electron chi connectivity index (χ0n) is 15.3. The van der Waals surface area contributed by atoms with Gasteiger partial charge in [0.15, 0.2) is 0 Å². The van der Waals surface area contributed by atoms with Crippen molar-refractivity contribution >= 4 is 12.3 Å². The van der Waals surface area contributed by atoms with Gasteiger partial charge >= 0.3 is 6.09 Å². The second-order valence-corrected chi connectivity index (χ2v) is 5.55. The molecular weight excluding hydrogens is 332 g/mol. The van der Waals surface area contributed by atoms with Crippen molar-refractivity contribution < 1.29 is 19.0 Å². The van der Waals surface area contributed by atoms with Crippen LogP contribution in [0.15, 0.2) is 47.6 Å². The average molecular weight is 356 g/mol. The molecule has 0 bridgehead atoms. The normalized spacial score (nSPS) is 10.6. The third-order valence-corrected chi connectivity index (χ3v) is 3.55. The lowest BCUT2D eigenvalue weighted by Crippen LogP contribution is -2.18. The Kier molecular flexibility index (Phi) is 7.49. The molecule has 0 saturated carbocycles. The summed E-state index contributed by atoms with van der Waals surface area (Å²) in [7, 11) is 0. The van der Waals surface area contributed by atoms with Gasteiger partial charge in [-0.15, -0.1) is 0 Å². The highest BCUT2D eigenvalue weighted by molar-refractivity contribution is 5.84. The third kappa shape index (κ3) is 5.81. The lowest BCUT2D eigenvalue weighted by atomic mass is 10.1. The van der Waals surface area contributed by atoms with Gasteiger partial charge in [-0.05, 0) is 44.0 Å². The maximum Gasteiger partial charge on any atom is 0.427 e. The predicted molar refractivity (Wildman–Crippen MR) is 101 cm³/mol. The van der Waals surface area contributed by atoms with E-state index in [-0.39, 0.29) is 0 Å². The van der Waals surface area contributed by atoms with Crippen molar-refractivity contribution in [3.8, 4) is 11.5 Å². The summed E-state index contributed by atoms with van der Waals surface area (Å²) in [5, 5.41) is 3.86. The van der Waals surface area contributed by atoms with Crippen molar-refractivity contribution in [1.82, 2.24) is 5.43 Å². The number of carbonyl (C=O) groups excluding carboxylic acids is 1. The number of amides is 1. The summed E-state index contributed by atoms with van der Waals surface area (Å²) in [6.45, 7) is 6.88. The standard InChI is InChI=1S/C20H24N2O4/c1-4-24-20(23)22-21-14-17-10-5-6-11-18(17)25-12-13-26-19-15(2)8-7-9-16(19)3/h5-11,14H,4,12-13H2,1-3H3,(H,22,23). The van der Waals surface area contributed by atoms with Crippen LogP contribution in [0.2, 0.25) is 0 Å². The molecule has 0 fully saturated rings. The van der Waals surface area contributed by atoms with Gasteiger partial charge in [0.25, 0.3) is 0 Å². The van der Waals surface area contributed by atoms with Gasteiger partial charge in [-0.2, -0.15) is 5.10 Å². The number of hydrazone groups is 1. The van der Waals surface area contributed by atoms with Crippen molar-refractivity contribution in [3.05, 3.63) is 59.2 Å². The molecule has 0 atom stereocenters. The Hall–Kier alpha value is -3.02. The minimum absolute atomic E-state index is 0.293. The van der Waals surface area contributed by atoms with Gasteiger partial charge in [-0.25, -0.2) is 10.2 Å². The smallest absolute Gasteiger partial charge is 0.427 e. The molecule has 0 radical (unpaired) electrons. The van der Waals surface area contributed by atoms with E-state index < -0.39 is 6.09 Å². The van der Waals surface area contributed by atoms with Gasteiger partial charge in [0.1, 0.15) is 24.7 Å². The average Bonchev–Trinajstić information content (AvgIpc) is 2.62. The molecule has 138 valence electrons. The van der Waals surface area contributed by atoms with Gasteiger partial charge in [-0.3, -0.25) is 0 Å². The Morgan fingerprint density at radius 3 is 2.46 bits per heavy atom. The third-order valence-electron chi connectivity index (χ3n) is 3.55. The lowest BCUT2D eigenvalue weighted by Gasteiger charge is -2.13. The number of para-hydroxylation sites is 2. The summed E-state index contributed by atoms with van der Waals surface area (Å²) >= 11 is 0. The fourth-order valence-electron chi connectivity index (χ4n) is 2.36. The molecule has 2 rings (SSSR count). The van der Waals surface area contributed by atoms with Crippen LogP contribution in [0, 0.1) is 13.8 Å². The number of hydrogen-bond donors (Lipinski definition) is 1. The highest BCUT2D eigenvalue weighted by Gasteiger charge is 2.05. The molecule has 26 heavy (non-hydrogen) atoms. The highest BCUT2D eigenvalue weighted by atomic mass is 16.6. The van der Waals surface area contributed by atoms with Crippen LogP contribution in [0.4, 0.5) is 4.79 Å². The number of aryl methyl sites for hydroxylation is 2. The van der Waals surface area contributed by atoms with E-state index in [2.05, 4.69) is 10.5 Å². The fraction of sp³-hybridized carbons (Fsp3) is 0.300. The summed E-state index contributed by atoms with van der Waals surface area (Å²) in [6.07, 6.45) is 0.919. The Morgan fingerprint density at radius 1 is 1.04 bits per heavy atom. The first-order valence-electron chi connectivity index (χ1n) is 8.48. The number of benzene rings is 2. The molecular formula is C20H24N2O4. The zero-order valence-corrected chi connectivity index (χ0v) is 15.3. The SMILES string of the molecule is CCOC(=O)NN=Cc1ccccc1OCCOc1c(C)cccc1C. The summed E-state index contributed by atoms with van der Waals surface area (Å²) < 4.78 is 16.4. The van der Waals surface area contributed by atoms with E-state index in [1.807, 2.05) is 56.3 Å². The minimum atomic E-state index is -0.593. The summed E-state index contributed by atoms with van der Waals surface area (Å²) in [6, 6.07) is 13.5. The second kappa shape index (κ2) is 10.1. The van der Waals surface area contributed by atoms with Crippen LogP contribution in [-0.4, -0.2) is 32.1 Å². The first-order valence-corrected chi connectivity index (χ1v) is 8.48. The quantitative estimate of drug-likeness (QED) is 0.443. The molecule has 1 amide bonds. The number of ether oxygens (including phenoxy) is 3. The molecule has 0 aliphatic rings. The zero-order chi connectivity index (χ0) is 18.8. The monoisotopic (exact) mass is 356 g/mol. The van der Waals surface area contributed by atoms with Crippen molar-refractivity contribution in [2.75, 3.05) is 19.8 Å². The summed E-state index contributed by atoms with van der Waals surface area (Å²) in [5.74, 6) is 1.55. The van der Waals surface area contributed by atoms with Crippen LogP contribution in [-0.2, 0) is 4.74 Å². The van der Waals surface area contributed by atoms with Crippen LogP contribution >= 0.6 is 0 Å². The Bertz CT molecular complexity index is 739. The molecule has 0 saturated heterocycles. The summed E-state index contributed by atoms with van der Waals surface area (Å²) in [5.41, 5.74) is 5.23. The number of rotatable bonds is 8. The molecule has 6 nitrogen and oxygen atoms in total. The van der Waals surface area contributed by atoms with Crippen molar-refractivity contribution in [2.45, 2.75) is 20.8 Å². The minimum Gasteiger partial charge on any atom is -0.489 e. The molecule has 2 aromatic rings. The predicted octanol–water partition coefficient (Wildman–Crippen LogP) is 3.84. The Balaban J connectivity index is 1.88. The molecule has 0 heterocycles. The molecule has 6 heteroatoms. The van der Waals surface area contributed by atoms with Gasteiger partial charge in [-0.1, -0.05) is 30.3 Å². The first kappa shape index (κ1) is 19.3. The van der Waals surface area contributed by atoms with E-state index in [1.54, 1.807) is 6.92 Å². The van der Waals surface area contributed by atoms with E-state index in [9.17, 15) is 4.79 Å². The first-order chi connectivity index (χ1) is 12.6. The highest BCUT2D eigenvalue weighted by Crippen LogP contribution is 2.22. The maximum absolute atomic E-state index is 11.2. The van der Waals surface area contributed by atoms with Crippen molar-refractivity contribution in [2.24, 2.45) is 5.10 Å². The van der Waals surface area contributed by atoms with E-state index in [0.29, 0.717) is 25.6 Å². The van der Waals surface area contributed by atoms with E-state index >= 15 is 0 Å². The number of nitrogens with one attached hydrogen (secondary N) is 1. The fourth-order valence-corrected chi connectivity index (χ4v) is 2.36. The summed E-state index contributed by atoms with van der Waals surface area (Å²) in [4.78, 5) is 11.2. The van der Waals surface area contributed by atoms with Crippen LogP contribution in [0.25, 0.3) is 0 Å². The van der Waals surface area contributed by atoms with Crippen LogP contribution < -0.4 is 14.9 Å². The Morgan fingerprint density at radius 2 is 1.73 bits per heavy atom. The lowest BCUT2D eigenvalue weighted by molar-refractivity contribution is 0.152. The molecule has 0 aliphatic carbocycles. The molecule has 0 spiro atoms. The molecule has 2 aromatic carbocycles. The topological polar surface area (TPSA) is 69.2 Å². The number of carbonyl (C=O) groups is 1. The van der Waals surface area contributed by atoms with Crippen LogP contribution in [0.5, 0.6) is 11.5 Å². The van der Waals surface area contributed by atoms with E-state index in [0.717, 1.165) is 22.4 Å². The van der Waals surface area contributed by atoms with Crippen molar-refractivity contribution in [3.63, 3.8) is 0 Å². The molecule has 0 aliphatic heterocycles. The van der Waals surface area contributed by atoms with Gasteiger partial charge in [0, 0.05) is 5.56 Å². The number of nitrogens with zero attached hydrogens (tertiary/aromatic N) is 1. The van der Waals surface area contributed by atoms with Gasteiger partial charge in [0.05, 0.1) is 12.8 Å². The Labute approximate surface area is 153 Å². The maximum atomic E-state index is 11.2. The van der Waals surface area contributed by atoms with E-state index in [1.165, 1.54) is 6.21 Å². The second-order valence-electron chi connectivity index (χ2n) is 5.55. The van der Waals surface area contributed by atoms with Crippen molar-refractivity contribution in [1.29, 1.82) is 0 Å². The largest absolute Gasteiger partial charge is 0.489 e. The molecule has 1 N–H and O–H groups in total. The number of hydrogen-bond acceptors (Lipinski definition) is 5. The van der Waals surface area contributed by atoms with E-state index in [4.69, 9.17) is 14.2 Å². The van der Waals surface area contributed by atoms with Crippen LogP contribution in [0.1, 0.15) is 23.6 Å². The van der Waals surface area contributed by atoms with Gasteiger partial charge in [0.2, 0.25) is 0 Å². The van der Waals surface area contributed by atoms with Crippen LogP contribution in [0.3, 0.4) is 0 Å².